The van der Waals surface area contributed by atoms with E-state index in [9.17, 15) is 9.59 Å². The largest absolute Gasteiger partial charge is 0.366 e. The second kappa shape index (κ2) is 6.85. The van der Waals surface area contributed by atoms with Crippen LogP contribution in [-0.4, -0.2) is 11.8 Å². The van der Waals surface area contributed by atoms with Crippen molar-refractivity contribution in [1.82, 2.24) is 0 Å². The quantitative estimate of drug-likeness (QED) is 0.836. The molecule has 0 unspecified atom stereocenters. The minimum absolute atomic E-state index is 0.248. The molecule has 0 bridgehead atoms. The summed E-state index contributed by atoms with van der Waals surface area (Å²) in [6, 6.07) is 14.0. The van der Waals surface area contributed by atoms with Gasteiger partial charge in [-0.2, -0.15) is 0 Å². The van der Waals surface area contributed by atoms with Gasteiger partial charge in [-0.25, -0.2) is 0 Å². The van der Waals surface area contributed by atoms with Crippen molar-refractivity contribution < 1.29 is 9.59 Å². The standard InChI is InChI=1S/C16H13BrN2O2/c17-13-3-1-2-11(10-13)4-9-15(20)19-14-7-5-12(6-8-14)16(18)21/h1-10H,(H2,18,21)(H,19,20)/b9-4-. The van der Waals surface area contributed by atoms with Crippen molar-refractivity contribution in [3.8, 4) is 0 Å². The van der Waals surface area contributed by atoms with Crippen LogP contribution in [0.4, 0.5) is 5.69 Å². The van der Waals surface area contributed by atoms with Gasteiger partial charge in [0.25, 0.3) is 0 Å². The number of benzene rings is 2. The van der Waals surface area contributed by atoms with E-state index >= 15 is 0 Å². The molecule has 0 saturated heterocycles. The maximum absolute atomic E-state index is 11.8. The third-order valence-electron chi connectivity index (χ3n) is 2.71. The molecule has 0 atom stereocenters. The first-order chi connectivity index (χ1) is 10.0. The van der Waals surface area contributed by atoms with Crippen LogP contribution < -0.4 is 11.1 Å². The zero-order valence-electron chi connectivity index (χ0n) is 11.0. The molecule has 2 aromatic rings. The molecule has 0 aliphatic carbocycles. The van der Waals surface area contributed by atoms with Crippen LogP contribution in [0.15, 0.2) is 59.1 Å². The van der Waals surface area contributed by atoms with Crippen molar-refractivity contribution in [2.75, 3.05) is 5.32 Å². The molecule has 0 radical (unpaired) electrons. The highest BCUT2D eigenvalue weighted by Gasteiger charge is 2.01. The Morgan fingerprint density at radius 3 is 2.43 bits per heavy atom. The lowest BCUT2D eigenvalue weighted by molar-refractivity contribution is -0.111. The minimum Gasteiger partial charge on any atom is -0.366 e. The first-order valence-electron chi connectivity index (χ1n) is 6.19. The molecule has 2 rings (SSSR count). The summed E-state index contributed by atoms with van der Waals surface area (Å²) in [6.45, 7) is 0. The fraction of sp³-hybridized carbons (Fsp3) is 0. The molecule has 0 fully saturated rings. The maximum atomic E-state index is 11.8. The van der Waals surface area contributed by atoms with E-state index in [2.05, 4.69) is 21.2 Å². The van der Waals surface area contributed by atoms with Crippen molar-refractivity contribution in [3.05, 3.63) is 70.2 Å². The topological polar surface area (TPSA) is 72.2 Å². The first kappa shape index (κ1) is 15.0. The first-order valence-corrected chi connectivity index (χ1v) is 6.98. The highest BCUT2D eigenvalue weighted by molar-refractivity contribution is 9.10. The summed E-state index contributed by atoms with van der Waals surface area (Å²) in [5.74, 6) is -0.746. The Labute approximate surface area is 130 Å². The number of hydrogen-bond donors (Lipinski definition) is 2. The Kier molecular flexibility index (Phi) is 4.90. The molecule has 0 aliphatic heterocycles. The van der Waals surface area contributed by atoms with Crippen molar-refractivity contribution in [1.29, 1.82) is 0 Å². The molecule has 0 aromatic heterocycles. The van der Waals surface area contributed by atoms with Gasteiger partial charge in [0.05, 0.1) is 0 Å². The van der Waals surface area contributed by atoms with E-state index in [4.69, 9.17) is 5.73 Å². The number of carbonyl (C=O) groups excluding carboxylic acids is 2. The Bertz CT molecular complexity index is 694. The fourth-order valence-corrected chi connectivity index (χ4v) is 2.10. The zero-order valence-corrected chi connectivity index (χ0v) is 12.6. The van der Waals surface area contributed by atoms with Crippen LogP contribution >= 0.6 is 15.9 Å². The number of nitrogens with two attached hydrogens (primary N) is 1. The summed E-state index contributed by atoms with van der Waals surface area (Å²) in [5.41, 5.74) is 7.07. The summed E-state index contributed by atoms with van der Waals surface area (Å²) in [7, 11) is 0. The Morgan fingerprint density at radius 1 is 1.10 bits per heavy atom. The van der Waals surface area contributed by atoms with Gasteiger partial charge in [-0.15, -0.1) is 0 Å². The lowest BCUT2D eigenvalue weighted by Crippen LogP contribution is -2.11. The van der Waals surface area contributed by atoms with Gasteiger partial charge in [0.1, 0.15) is 0 Å². The number of hydrogen-bond acceptors (Lipinski definition) is 2. The molecule has 21 heavy (non-hydrogen) atoms. The van der Waals surface area contributed by atoms with Gasteiger partial charge >= 0.3 is 0 Å². The molecule has 3 N–H and O–H groups in total. The van der Waals surface area contributed by atoms with E-state index in [1.54, 1.807) is 30.3 Å². The van der Waals surface area contributed by atoms with Crippen LogP contribution in [0.2, 0.25) is 0 Å². The summed E-state index contributed by atoms with van der Waals surface area (Å²) in [6.07, 6.45) is 3.17. The average molecular weight is 345 g/mol. The predicted molar refractivity (Wildman–Crippen MR) is 86.8 cm³/mol. The van der Waals surface area contributed by atoms with Gasteiger partial charge in [-0.05, 0) is 48.0 Å². The average Bonchev–Trinajstić information content (AvgIpc) is 2.46. The molecule has 2 amide bonds. The van der Waals surface area contributed by atoms with E-state index in [0.29, 0.717) is 11.3 Å². The van der Waals surface area contributed by atoms with Crippen LogP contribution in [0.1, 0.15) is 15.9 Å². The van der Waals surface area contributed by atoms with Crippen LogP contribution in [0, 0.1) is 0 Å². The van der Waals surface area contributed by atoms with Gasteiger partial charge in [-0.1, -0.05) is 28.1 Å². The van der Waals surface area contributed by atoms with Crippen LogP contribution in [0.3, 0.4) is 0 Å². The zero-order chi connectivity index (χ0) is 15.2. The third-order valence-corrected chi connectivity index (χ3v) is 3.21. The molecule has 0 saturated carbocycles. The summed E-state index contributed by atoms with van der Waals surface area (Å²) < 4.78 is 0.951. The molecule has 0 spiro atoms. The highest BCUT2D eigenvalue weighted by atomic mass is 79.9. The van der Waals surface area contributed by atoms with Crippen LogP contribution in [0.5, 0.6) is 0 Å². The highest BCUT2D eigenvalue weighted by Crippen LogP contribution is 2.13. The number of halogens is 1. The predicted octanol–water partition coefficient (Wildman–Crippen LogP) is 3.20. The number of primary amides is 1. The van der Waals surface area contributed by atoms with Gasteiger partial charge in [0.15, 0.2) is 0 Å². The summed E-state index contributed by atoms with van der Waals surface area (Å²) in [4.78, 5) is 22.7. The monoisotopic (exact) mass is 344 g/mol. The van der Waals surface area contributed by atoms with Crippen molar-refractivity contribution in [3.63, 3.8) is 0 Å². The van der Waals surface area contributed by atoms with Crippen LogP contribution in [-0.2, 0) is 4.79 Å². The summed E-state index contributed by atoms with van der Waals surface area (Å²) in [5, 5.41) is 2.70. The van der Waals surface area contributed by atoms with E-state index in [0.717, 1.165) is 10.0 Å². The van der Waals surface area contributed by atoms with Crippen molar-refractivity contribution in [2.24, 2.45) is 5.73 Å². The van der Waals surface area contributed by atoms with E-state index in [1.165, 1.54) is 6.08 Å². The molecular formula is C16H13BrN2O2. The number of anilines is 1. The van der Waals surface area contributed by atoms with Crippen molar-refractivity contribution in [2.45, 2.75) is 0 Å². The van der Waals surface area contributed by atoms with Gasteiger partial charge in [0, 0.05) is 21.8 Å². The molecule has 0 aliphatic rings. The summed E-state index contributed by atoms with van der Waals surface area (Å²) >= 11 is 3.37. The Morgan fingerprint density at radius 2 is 1.81 bits per heavy atom. The third kappa shape index (κ3) is 4.57. The number of amides is 2. The molecule has 0 heterocycles. The van der Waals surface area contributed by atoms with E-state index < -0.39 is 5.91 Å². The van der Waals surface area contributed by atoms with E-state index in [1.807, 2.05) is 24.3 Å². The maximum Gasteiger partial charge on any atom is 0.248 e. The van der Waals surface area contributed by atoms with Gasteiger partial charge in [-0.3, -0.25) is 9.59 Å². The smallest absolute Gasteiger partial charge is 0.248 e. The van der Waals surface area contributed by atoms with Crippen LogP contribution in [0.25, 0.3) is 6.08 Å². The van der Waals surface area contributed by atoms with Crippen molar-refractivity contribution >= 4 is 39.5 Å². The Balaban J connectivity index is 1.99. The van der Waals surface area contributed by atoms with E-state index in [-0.39, 0.29) is 5.91 Å². The Hall–Kier alpha value is -2.40. The lowest BCUT2D eigenvalue weighted by Gasteiger charge is -2.02. The number of nitrogens with one attached hydrogen (secondary N) is 1. The number of rotatable bonds is 4. The second-order valence-corrected chi connectivity index (χ2v) is 5.23. The number of carbonyl (C=O) groups is 2. The van der Waals surface area contributed by atoms with Gasteiger partial charge < -0.3 is 11.1 Å². The lowest BCUT2D eigenvalue weighted by atomic mass is 10.2. The SMILES string of the molecule is NC(=O)c1ccc(NC(=O)/C=C\c2cccc(Br)c2)cc1. The minimum atomic E-state index is -0.498. The normalized spacial score (nSPS) is 10.5. The van der Waals surface area contributed by atoms with Gasteiger partial charge in [0.2, 0.25) is 11.8 Å². The fourth-order valence-electron chi connectivity index (χ4n) is 1.68. The molecule has 106 valence electrons. The molecule has 4 nitrogen and oxygen atoms in total. The second-order valence-electron chi connectivity index (χ2n) is 4.32. The molecular weight excluding hydrogens is 332 g/mol. The molecule has 2 aromatic carbocycles. The molecule has 5 heteroatoms.